The highest BCUT2D eigenvalue weighted by molar-refractivity contribution is 9.10. The fourth-order valence-electron chi connectivity index (χ4n) is 3.53. The lowest BCUT2D eigenvalue weighted by Gasteiger charge is -2.55. The SMILES string of the molecule is COc1ccc(Br)c(NC2C3CCOC3C2(C)C)c1. The summed E-state index contributed by atoms with van der Waals surface area (Å²) in [5.41, 5.74) is 1.28. The quantitative estimate of drug-likeness (QED) is 0.919. The van der Waals surface area contributed by atoms with Gasteiger partial charge < -0.3 is 14.8 Å². The Kier molecular flexibility index (Phi) is 3.26. The van der Waals surface area contributed by atoms with E-state index in [-0.39, 0.29) is 5.41 Å². The van der Waals surface area contributed by atoms with Gasteiger partial charge in [-0.15, -0.1) is 0 Å². The number of halogens is 1. The van der Waals surface area contributed by atoms with E-state index >= 15 is 0 Å². The highest BCUT2D eigenvalue weighted by Gasteiger charge is 2.59. The molecule has 2 fully saturated rings. The number of rotatable bonds is 3. The number of anilines is 1. The molecule has 3 atom stereocenters. The molecule has 1 aliphatic carbocycles. The minimum absolute atomic E-state index is 0.184. The molecule has 1 aliphatic heterocycles. The number of hydrogen-bond acceptors (Lipinski definition) is 3. The van der Waals surface area contributed by atoms with Crippen molar-refractivity contribution in [3.8, 4) is 5.75 Å². The van der Waals surface area contributed by atoms with Crippen LogP contribution in [0.3, 0.4) is 0 Å². The topological polar surface area (TPSA) is 30.5 Å². The summed E-state index contributed by atoms with van der Waals surface area (Å²) in [5, 5.41) is 3.68. The lowest BCUT2D eigenvalue weighted by molar-refractivity contribution is -0.0923. The van der Waals surface area contributed by atoms with Crippen LogP contribution in [0.1, 0.15) is 20.3 Å². The Labute approximate surface area is 122 Å². The molecule has 2 aliphatic rings. The van der Waals surface area contributed by atoms with Crippen molar-refractivity contribution in [1.29, 1.82) is 0 Å². The lowest BCUT2D eigenvalue weighted by atomic mass is 9.57. The Bertz CT molecular complexity index is 489. The maximum atomic E-state index is 5.83. The van der Waals surface area contributed by atoms with Crippen LogP contribution in [-0.4, -0.2) is 25.9 Å². The van der Waals surface area contributed by atoms with Gasteiger partial charge in [-0.3, -0.25) is 0 Å². The summed E-state index contributed by atoms with van der Waals surface area (Å²) < 4.78 is 12.2. The van der Waals surface area contributed by atoms with Crippen molar-refractivity contribution in [2.75, 3.05) is 19.0 Å². The Balaban J connectivity index is 1.82. The molecule has 0 radical (unpaired) electrons. The van der Waals surface area contributed by atoms with E-state index in [1.54, 1.807) is 7.11 Å². The van der Waals surface area contributed by atoms with Gasteiger partial charge in [-0.25, -0.2) is 0 Å². The van der Waals surface area contributed by atoms with Crippen LogP contribution in [0.5, 0.6) is 5.75 Å². The minimum Gasteiger partial charge on any atom is -0.497 e. The molecular weight excluding hydrogens is 306 g/mol. The average molecular weight is 326 g/mol. The first-order valence-corrected chi connectivity index (χ1v) is 7.55. The number of fused-ring (bicyclic) bond motifs is 1. The molecule has 0 amide bonds. The zero-order valence-electron chi connectivity index (χ0n) is 11.6. The minimum atomic E-state index is 0.184. The second-order valence-corrected chi connectivity index (χ2v) is 6.89. The van der Waals surface area contributed by atoms with Crippen LogP contribution < -0.4 is 10.1 Å². The van der Waals surface area contributed by atoms with E-state index in [0.29, 0.717) is 18.1 Å². The van der Waals surface area contributed by atoms with Crippen molar-refractivity contribution in [1.82, 2.24) is 0 Å². The maximum Gasteiger partial charge on any atom is 0.121 e. The molecule has 3 nitrogen and oxygen atoms in total. The van der Waals surface area contributed by atoms with Crippen molar-refractivity contribution in [3.63, 3.8) is 0 Å². The molecule has 3 rings (SSSR count). The first-order valence-electron chi connectivity index (χ1n) is 6.75. The molecule has 1 aromatic rings. The summed E-state index contributed by atoms with van der Waals surface area (Å²) in [6.45, 7) is 5.46. The van der Waals surface area contributed by atoms with Crippen LogP contribution in [0.25, 0.3) is 0 Å². The monoisotopic (exact) mass is 325 g/mol. The van der Waals surface area contributed by atoms with E-state index in [1.165, 1.54) is 0 Å². The number of hydrogen-bond donors (Lipinski definition) is 1. The third-order valence-electron chi connectivity index (χ3n) is 4.59. The number of ether oxygens (including phenoxy) is 2. The molecule has 1 aromatic carbocycles. The van der Waals surface area contributed by atoms with Crippen LogP contribution in [0.4, 0.5) is 5.69 Å². The number of nitrogens with one attached hydrogen (secondary N) is 1. The van der Waals surface area contributed by atoms with Crippen LogP contribution in [0, 0.1) is 11.3 Å². The zero-order chi connectivity index (χ0) is 13.6. The van der Waals surface area contributed by atoms with Gasteiger partial charge in [0, 0.05) is 34.5 Å². The van der Waals surface area contributed by atoms with Gasteiger partial charge in [-0.1, -0.05) is 13.8 Å². The summed E-state index contributed by atoms with van der Waals surface area (Å²) in [7, 11) is 1.70. The molecule has 0 spiro atoms. The average Bonchev–Trinajstić information content (AvgIpc) is 2.84. The largest absolute Gasteiger partial charge is 0.497 e. The Hall–Kier alpha value is -0.740. The molecule has 1 saturated heterocycles. The summed E-state index contributed by atoms with van der Waals surface area (Å²) in [5.74, 6) is 1.51. The molecule has 1 heterocycles. The number of benzene rings is 1. The Morgan fingerprint density at radius 2 is 2.21 bits per heavy atom. The highest BCUT2D eigenvalue weighted by atomic mass is 79.9. The van der Waals surface area contributed by atoms with Crippen LogP contribution in [0.2, 0.25) is 0 Å². The normalized spacial score (nSPS) is 31.5. The standard InChI is InChI=1S/C15H20BrNO2/c1-15(2)13(10-6-7-19-14(10)15)17-12-8-9(18-3)4-5-11(12)16/h4-5,8,10,13-14,17H,6-7H2,1-3H3. The van der Waals surface area contributed by atoms with Crippen LogP contribution in [0.15, 0.2) is 22.7 Å². The summed E-state index contributed by atoms with van der Waals surface area (Å²) >= 11 is 3.60. The summed E-state index contributed by atoms with van der Waals surface area (Å²) in [6.07, 6.45) is 1.57. The lowest BCUT2D eigenvalue weighted by Crippen LogP contribution is -2.63. The van der Waals surface area contributed by atoms with E-state index in [0.717, 1.165) is 28.9 Å². The Morgan fingerprint density at radius 1 is 1.42 bits per heavy atom. The van der Waals surface area contributed by atoms with Crippen molar-refractivity contribution >= 4 is 21.6 Å². The highest BCUT2D eigenvalue weighted by Crippen LogP contribution is 2.53. The van der Waals surface area contributed by atoms with E-state index < -0.39 is 0 Å². The van der Waals surface area contributed by atoms with Crippen molar-refractivity contribution in [2.45, 2.75) is 32.4 Å². The van der Waals surface area contributed by atoms with Crippen molar-refractivity contribution in [2.24, 2.45) is 11.3 Å². The van der Waals surface area contributed by atoms with Gasteiger partial charge in [-0.05, 0) is 34.5 Å². The third kappa shape index (κ3) is 2.05. The molecule has 19 heavy (non-hydrogen) atoms. The van der Waals surface area contributed by atoms with Gasteiger partial charge in [0.25, 0.3) is 0 Å². The molecule has 3 unspecified atom stereocenters. The summed E-state index contributed by atoms with van der Waals surface area (Å²) in [4.78, 5) is 0. The van der Waals surface area contributed by atoms with E-state index in [4.69, 9.17) is 9.47 Å². The molecule has 1 saturated carbocycles. The van der Waals surface area contributed by atoms with Crippen molar-refractivity contribution < 1.29 is 9.47 Å². The first-order chi connectivity index (χ1) is 9.04. The van der Waals surface area contributed by atoms with E-state index in [2.05, 4.69) is 35.1 Å². The summed E-state index contributed by atoms with van der Waals surface area (Å²) in [6, 6.07) is 6.49. The van der Waals surface area contributed by atoms with Gasteiger partial charge in [0.15, 0.2) is 0 Å². The molecular formula is C15H20BrNO2. The van der Waals surface area contributed by atoms with Gasteiger partial charge in [0.2, 0.25) is 0 Å². The molecule has 0 aromatic heterocycles. The molecule has 1 N–H and O–H groups in total. The molecule has 104 valence electrons. The van der Waals surface area contributed by atoms with Gasteiger partial charge in [-0.2, -0.15) is 0 Å². The zero-order valence-corrected chi connectivity index (χ0v) is 13.2. The first kappa shape index (κ1) is 13.3. The molecule has 0 bridgehead atoms. The second kappa shape index (κ2) is 4.67. The van der Waals surface area contributed by atoms with Gasteiger partial charge in [0.05, 0.1) is 18.9 Å². The number of methoxy groups -OCH3 is 1. The third-order valence-corrected chi connectivity index (χ3v) is 5.28. The van der Waals surface area contributed by atoms with E-state index in [1.807, 2.05) is 18.2 Å². The smallest absolute Gasteiger partial charge is 0.121 e. The van der Waals surface area contributed by atoms with Crippen molar-refractivity contribution in [3.05, 3.63) is 22.7 Å². The maximum absolute atomic E-state index is 5.83. The van der Waals surface area contributed by atoms with Crippen LogP contribution >= 0.6 is 15.9 Å². The van der Waals surface area contributed by atoms with Gasteiger partial charge >= 0.3 is 0 Å². The van der Waals surface area contributed by atoms with Crippen LogP contribution in [-0.2, 0) is 4.74 Å². The predicted molar refractivity (Wildman–Crippen MR) is 79.7 cm³/mol. The van der Waals surface area contributed by atoms with Gasteiger partial charge in [0.1, 0.15) is 5.75 Å². The Morgan fingerprint density at radius 3 is 2.95 bits per heavy atom. The second-order valence-electron chi connectivity index (χ2n) is 6.03. The fraction of sp³-hybridized carbons (Fsp3) is 0.600. The molecule has 4 heteroatoms. The van der Waals surface area contributed by atoms with E-state index in [9.17, 15) is 0 Å². The predicted octanol–water partition coefficient (Wildman–Crippen LogP) is 3.68. The fourth-order valence-corrected chi connectivity index (χ4v) is 3.89.